The second kappa shape index (κ2) is 9.76. The van der Waals surface area contributed by atoms with Crippen LogP contribution in [0.3, 0.4) is 0 Å². The van der Waals surface area contributed by atoms with Gasteiger partial charge < -0.3 is 14.1 Å². The van der Waals surface area contributed by atoms with Crippen LogP contribution in [-0.4, -0.2) is 31.6 Å². The molecule has 38 heavy (non-hydrogen) atoms. The van der Waals surface area contributed by atoms with Crippen LogP contribution >= 0.6 is 0 Å². The van der Waals surface area contributed by atoms with Gasteiger partial charge in [-0.2, -0.15) is 0 Å². The largest absolute Gasteiger partial charge is 0.447 e. The topological polar surface area (TPSA) is 77.0 Å². The first-order valence-corrected chi connectivity index (χ1v) is 12.7. The van der Waals surface area contributed by atoms with Gasteiger partial charge in [-0.3, -0.25) is 9.97 Å². The van der Waals surface area contributed by atoms with Crippen LogP contribution < -0.4 is 5.46 Å². The van der Waals surface area contributed by atoms with Crippen molar-refractivity contribution >= 4 is 23.4 Å². The number of nitrogens with zero attached hydrogens (tertiary/aromatic N) is 4. The Morgan fingerprint density at radius 2 is 1.66 bits per heavy atom. The van der Waals surface area contributed by atoms with E-state index in [9.17, 15) is 5.02 Å². The van der Waals surface area contributed by atoms with Crippen molar-refractivity contribution in [3.63, 3.8) is 0 Å². The van der Waals surface area contributed by atoms with Crippen LogP contribution in [0.25, 0.3) is 33.3 Å². The molecule has 2 aromatic carbocycles. The van der Waals surface area contributed by atoms with Gasteiger partial charge in [0, 0.05) is 35.3 Å². The van der Waals surface area contributed by atoms with Gasteiger partial charge in [-0.05, 0) is 48.6 Å². The van der Waals surface area contributed by atoms with E-state index in [0.29, 0.717) is 0 Å². The zero-order valence-corrected chi connectivity index (χ0v) is 21.5. The Morgan fingerprint density at radius 3 is 2.32 bits per heavy atom. The molecule has 0 aliphatic heterocycles. The van der Waals surface area contributed by atoms with Crippen LogP contribution in [-0.2, 0) is 0 Å². The number of aromatic nitrogens is 4. The van der Waals surface area contributed by atoms with E-state index in [1.165, 1.54) is 0 Å². The molecule has 0 amide bonds. The third kappa shape index (κ3) is 4.21. The molecule has 6 rings (SSSR count). The summed E-state index contributed by atoms with van der Waals surface area (Å²) in [6.07, 6.45) is 5.89. The first-order chi connectivity index (χ1) is 18.5. The molecule has 0 aliphatic carbocycles. The number of rotatable bonds is 6. The van der Waals surface area contributed by atoms with Crippen molar-refractivity contribution in [1.82, 2.24) is 19.7 Å². The Hall–Kier alpha value is -4.49. The smallest absolute Gasteiger partial charge is 0.320 e. The van der Waals surface area contributed by atoms with E-state index in [4.69, 9.17) is 14.5 Å². The van der Waals surface area contributed by atoms with Crippen LogP contribution in [0.2, 0.25) is 6.82 Å². The molecule has 1 N–H and O–H groups in total. The molecule has 4 heterocycles. The van der Waals surface area contributed by atoms with Gasteiger partial charge in [0.15, 0.2) is 0 Å². The van der Waals surface area contributed by atoms with Crippen molar-refractivity contribution in [3.8, 4) is 22.3 Å². The highest BCUT2D eigenvalue weighted by atomic mass is 16.5. The Kier molecular flexibility index (Phi) is 6.14. The highest BCUT2D eigenvalue weighted by Gasteiger charge is 2.24. The molecular formula is C31H27BN4O2. The van der Waals surface area contributed by atoms with Crippen LogP contribution in [0.5, 0.6) is 0 Å². The van der Waals surface area contributed by atoms with Crippen LogP contribution in [0.15, 0.2) is 102 Å². The second-order valence-corrected chi connectivity index (χ2v) is 9.61. The lowest BCUT2D eigenvalue weighted by molar-refractivity contribution is 0.393. The molecule has 0 saturated heterocycles. The van der Waals surface area contributed by atoms with Crippen LogP contribution in [0, 0.1) is 13.8 Å². The van der Waals surface area contributed by atoms with E-state index < -0.39 is 6.92 Å². The molecule has 0 aliphatic rings. The molecule has 0 fully saturated rings. The standard InChI is InChI=1S/C31H27BN4O2/c1-20-29(21(2)38-35-20)24-17-28-30(34-18-24)26(22-12-14-25(15-13-22)32(3)37)19-36(28)31(23-9-5-4-6-10-23)27-11-7-8-16-33-27/h4-19,31,37H,1-3H3/t31-/m0/s1. The highest BCUT2D eigenvalue weighted by Crippen LogP contribution is 2.38. The molecule has 4 aromatic heterocycles. The summed E-state index contributed by atoms with van der Waals surface area (Å²) in [4.78, 5) is 9.74. The average Bonchev–Trinajstić information content (AvgIpc) is 3.49. The molecular weight excluding hydrogens is 471 g/mol. The predicted octanol–water partition coefficient (Wildman–Crippen LogP) is 5.83. The Balaban J connectivity index is 1.63. The number of aryl methyl sites for hydroxylation is 2. The van der Waals surface area contributed by atoms with Gasteiger partial charge in [-0.25, -0.2) is 0 Å². The van der Waals surface area contributed by atoms with Gasteiger partial charge in [0.25, 0.3) is 0 Å². The van der Waals surface area contributed by atoms with Crippen molar-refractivity contribution in [1.29, 1.82) is 0 Å². The molecule has 0 spiro atoms. The number of hydrogen-bond acceptors (Lipinski definition) is 5. The molecule has 0 saturated carbocycles. The monoisotopic (exact) mass is 498 g/mol. The van der Waals surface area contributed by atoms with Gasteiger partial charge >= 0.3 is 6.92 Å². The van der Waals surface area contributed by atoms with E-state index in [2.05, 4.69) is 52.3 Å². The van der Waals surface area contributed by atoms with Crippen molar-refractivity contribution in [2.24, 2.45) is 0 Å². The summed E-state index contributed by atoms with van der Waals surface area (Å²) in [5.41, 5.74) is 9.61. The van der Waals surface area contributed by atoms with Gasteiger partial charge in [0.05, 0.1) is 22.4 Å². The fourth-order valence-corrected chi connectivity index (χ4v) is 5.17. The van der Waals surface area contributed by atoms with E-state index in [1.54, 1.807) is 6.82 Å². The number of benzene rings is 2. The Labute approximate surface area is 221 Å². The quantitative estimate of drug-likeness (QED) is 0.293. The molecule has 6 aromatic rings. The van der Waals surface area contributed by atoms with Gasteiger partial charge in [0.2, 0.25) is 0 Å². The molecule has 0 bridgehead atoms. The summed E-state index contributed by atoms with van der Waals surface area (Å²) in [6, 6.07) is 26.5. The van der Waals surface area contributed by atoms with Crippen LogP contribution in [0.1, 0.15) is 28.8 Å². The molecule has 0 radical (unpaired) electrons. The minimum absolute atomic E-state index is 0.160. The van der Waals surface area contributed by atoms with Crippen LogP contribution in [0.4, 0.5) is 0 Å². The molecule has 6 nitrogen and oxygen atoms in total. The summed E-state index contributed by atoms with van der Waals surface area (Å²) >= 11 is 0. The molecule has 186 valence electrons. The minimum Gasteiger partial charge on any atom is -0.447 e. The van der Waals surface area contributed by atoms with E-state index >= 15 is 0 Å². The minimum atomic E-state index is -0.521. The van der Waals surface area contributed by atoms with E-state index in [-0.39, 0.29) is 6.04 Å². The van der Waals surface area contributed by atoms with Gasteiger partial charge in [-0.15, -0.1) is 0 Å². The summed E-state index contributed by atoms with van der Waals surface area (Å²) in [6.45, 7) is 5.13. The van der Waals surface area contributed by atoms with Crippen molar-refractivity contribution in [2.45, 2.75) is 26.7 Å². The Morgan fingerprint density at radius 1 is 0.895 bits per heavy atom. The Bertz CT molecular complexity index is 1650. The first-order valence-electron chi connectivity index (χ1n) is 12.7. The fourth-order valence-electron chi connectivity index (χ4n) is 5.17. The second-order valence-electron chi connectivity index (χ2n) is 9.61. The maximum atomic E-state index is 10.0. The van der Waals surface area contributed by atoms with Gasteiger partial charge in [0.1, 0.15) is 11.8 Å². The maximum Gasteiger partial charge on any atom is 0.320 e. The average molecular weight is 498 g/mol. The molecule has 7 heteroatoms. The first kappa shape index (κ1) is 23.9. The zero-order chi connectivity index (χ0) is 26.2. The summed E-state index contributed by atoms with van der Waals surface area (Å²) < 4.78 is 7.73. The lowest BCUT2D eigenvalue weighted by Crippen LogP contribution is -2.25. The third-order valence-electron chi connectivity index (χ3n) is 7.06. The fraction of sp³-hybridized carbons (Fsp3) is 0.129. The van der Waals surface area contributed by atoms with E-state index in [1.807, 2.05) is 68.7 Å². The number of fused-ring (bicyclic) bond motifs is 1. The lowest BCUT2D eigenvalue weighted by atomic mass is 9.64. The van der Waals surface area contributed by atoms with Crippen molar-refractivity contribution < 1.29 is 9.55 Å². The SMILES string of the molecule is CB(O)c1ccc(-c2cn([C@@H](c3ccccc3)c3ccccn3)c3cc(-c4c(C)noc4C)cnc23)cc1. The van der Waals surface area contributed by atoms with Crippen molar-refractivity contribution in [2.75, 3.05) is 0 Å². The van der Waals surface area contributed by atoms with Crippen molar-refractivity contribution in [3.05, 3.63) is 120 Å². The van der Waals surface area contributed by atoms with Gasteiger partial charge in [-0.1, -0.05) is 72.6 Å². The highest BCUT2D eigenvalue weighted by molar-refractivity contribution is 6.64. The normalized spacial score (nSPS) is 12.1. The third-order valence-corrected chi connectivity index (χ3v) is 7.06. The summed E-state index contributed by atoms with van der Waals surface area (Å²) in [5, 5.41) is 14.2. The summed E-state index contributed by atoms with van der Waals surface area (Å²) in [7, 11) is 0. The number of pyridine rings is 2. The lowest BCUT2D eigenvalue weighted by Gasteiger charge is -2.20. The zero-order valence-electron chi connectivity index (χ0n) is 21.5. The summed E-state index contributed by atoms with van der Waals surface area (Å²) in [5.74, 6) is 0.764. The number of hydrogen-bond donors (Lipinski definition) is 1. The predicted molar refractivity (Wildman–Crippen MR) is 152 cm³/mol. The maximum absolute atomic E-state index is 10.0. The molecule has 0 unspecified atom stereocenters. The van der Waals surface area contributed by atoms with E-state index in [0.717, 1.165) is 61.5 Å². The molecule has 1 atom stereocenters.